The number of likely N-dealkylation sites (tertiary alicyclic amines) is 1. The third kappa shape index (κ3) is 6.49. The van der Waals surface area contributed by atoms with Crippen molar-refractivity contribution in [2.24, 2.45) is 0 Å². The van der Waals surface area contributed by atoms with Crippen LogP contribution < -0.4 is 4.74 Å². The van der Waals surface area contributed by atoms with Crippen molar-refractivity contribution >= 4 is 6.09 Å². The van der Waals surface area contributed by atoms with Crippen LogP contribution in [0.3, 0.4) is 0 Å². The average molecular weight is 412 g/mol. The lowest BCUT2D eigenvalue weighted by molar-refractivity contribution is -0.00849. The molecule has 1 aliphatic heterocycles. The zero-order valence-corrected chi connectivity index (χ0v) is 18.5. The van der Waals surface area contributed by atoms with Crippen LogP contribution in [0.4, 0.5) is 4.79 Å². The first-order valence-electron chi connectivity index (χ1n) is 10.7. The molecule has 5 heteroatoms. The molecule has 1 heterocycles. The summed E-state index contributed by atoms with van der Waals surface area (Å²) in [7, 11) is 0. The third-order valence-electron chi connectivity index (χ3n) is 5.12. The molecule has 3 rings (SSSR count). The van der Waals surface area contributed by atoms with Gasteiger partial charge in [0, 0.05) is 13.0 Å². The van der Waals surface area contributed by atoms with E-state index in [0.29, 0.717) is 26.2 Å². The van der Waals surface area contributed by atoms with E-state index in [-0.39, 0.29) is 18.2 Å². The number of aryl methyl sites for hydroxylation is 1. The summed E-state index contributed by atoms with van der Waals surface area (Å²) in [5.74, 6) is 0.837. The number of hydrogen-bond donors (Lipinski definition) is 0. The molecule has 162 valence electrons. The van der Waals surface area contributed by atoms with Crippen molar-refractivity contribution in [1.82, 2.24) is 4.90 Å². The van der Waals surface area contributed by atoms with Gasteiger partial charge < -0.3 is 19.1 Å². The van der Waals surface area contributed by atoms with E-state index in [1.54, 1.807) is 4.90 Å². The maximum absolute atomic E-state index is 12.8. The van der Waals surface area contributed by atoms with E-state index in [4.69, 9.17) is 14.2 Å². The first-order valence-corrected chi connectivity index (χ1v) is 10.7. The summed E-state index contributed by atoms with van der Waals surface area (Å²) in [6.45, 7) is 9.39. The summed E-state index contributed by atoms with van der Waals surface area (Å²) < 4.78 is 17.8. The van der Waals surface area contributed by atoms with E-state index in [1.165, 1.54) is 5.56 Å². The number of ether oxygens (including phenoxy) is 3. The molecule has 1 aliphatic rings. The lowest BCUT2D eigenvalue weighted by atomic mass is 10.1. The van der Waals surface area contributed by atoms with Gasteiger partial charge in [0.25, 0.3) is 0 Å². The summed E-state index contributed by atoms with van der Waals surface area (Å²) in [4.78, 5) is 14.6. The first kappa shape index (κ1) is 22.2. The van der Waals surface area contributed by atoms with Gasteiger partial charge in [-0.2, -0.15) is 0 Å². The molecule has 2 aromatic carbocycles. The average Bonchev–Trinajstić information content (AvgIpc) is 3.10. The van der Waals surface area contributed by atoms with E-state index in [2.05, 4.69) is 19.1 Å². The molecule has 2 aromatic rings. The van der Waals surface area contributed by atoms with Crippen LogP contribution in [0.2, 0.25) is 0 Å². The number of carbonyl (C=O) groups excluding carboxylic acids is 1. The molecule has 0 radical (unpaired) electrons. The second-order valence-corrected chi connectivity index (χ2v) is 8.82. The summed E-state index contributed by atoms with van der Waals surface area (Å²) in [5.41, 5.74) is 1.80. The molecule has 0 N–H and O–H groups in total. The normalized spacial score (nSPS) is 19.0. The van der Waals surface area contributed by atoms with Gasteiger partial charge >= 0.3 is 6.09 Å². The standard InChI is InChI=1S/C25H33NO4/c1-19-10-12-21(13-11-19)28-17-15-22-23(29-18-20-8-6-5-7-9-20)14-16-26(22)24(27)30-25(2,3)4/h5-13,22-23H,14-18H2,1-4H3. The van der Waals surface area contributed by atoms with Crippen LogP contribution in [0, 0.1) is 6.92 Å². The summed E-state index contributed by atoms with van der Waals surface area (Å²) in [6.07, 6.45) is 1.15. The van der Waals surface area contributed by atoms with E-state index < -0.39 is 5.60 Å². The Morgan fingerprint density at radius 3 is 2.43 bits per heavy atom. The van der Waals surface area contributed by atoms with E-state index in [9.17, 15) is 4.79 Å². The largest absolute Gasteiger partial charge is 0.494 e. The maximum Gasteiger partial charge on any atom is 0.410 e. The van der Waals surface area contributed by atoms with Crippen LogP contribution in [0.5, 0.6) is 5.75 Å². The van der Waals surface area contributed by atoms with Gasteiger partial charge in [-0.1, -0.05) is 48.0 Å². The molecule has 1 amide bonds. The number of rotatable bonds is 7. The zero-order valence-electron chi connectivity index (χ0n) is 18.5. The second kappa shape index (κ2) is 9.98. The molecular formula is C25H33NO4. The maximum atomic E-state index is 12.8. The molecule has 30 heavy (non-hydrogen) atoms. The summed E-state index contributed by atoms with van der Waals surface area (Å²) in [6, 6.07) is 18.0. The predicted molar refractivity (Wildman–Crippen MR) is 118 cm³/mol. The molecule has 0 aromatic heterocycles. The quantitative estimate of drug-likeness (QED) is 0.615. The number of nitrogens with zero attached hydrogens (tertiary/aromatic N) is 1. The molecular weight excluding hydrogens is 378 g/mol. The minimum absolute atomic E-state index is 0.0423. The van der Waals surface area contributed by atoms with Crippen molar-refractivity contribution in [3.8, 4) is 5.75 Å². The highest BCUT2D eigenvalue weighted by Crippen LogP contribution is 2.27. The van der Waals surface area contributed by atoms with E-state index >= 15 is 0 Å². The van der Waals surface area contributed by atoms with Gasteiger partial charge in [-0.15, -0.1) is 0 Å². The monoisotopic (exact) mass is 411 g/mol. The number of benzene rings is 2. The fraction of sp³-hybridized carbons (Fsp3) is 0.480. The Morgan fingerprint density at radius 2 is 1.77 bits per heavy atom. The van der Waals surface area contributed by atoms with Crippen LogP contribution in [0.15, 0.2) is 54.6 Å². The van der Waals surface area contributed by atoms with Crippen molar-refractivity contribution < 1.29 is 19.0 Å². The van der Waals surface area contributed by atoms with Gasteiger partial charge in [0.15, 0.2) is 0 Å². The molecule has 5 nitrogen and oxygen atoms in total. The number of hydrogen-bond acceptors (Lipinski definition) is 4. The highest BCUT2D eigenvalue weighted by Gasteiger charge is 2.39. The van der Waals surface area contributed by atoms with Gasteiger partial charge in [0.2, 0.25) is 0 Å². The molecule has 0 saturated carbocycles. The van der Waals surface area contributed by atoms with Crippen molar-refractivity contribution in [3.05, 3.63) is 65.7 Å². The van der Waals surface area contributed by atoms with Gasteiger partial charge in [-0.3, -0.25) is 0 Å². The minimum Gasteiger partial charge on any atom is -0.494 e. The van der Waals surface area contributed by atoms with Crippen LogP contribution in [0.25, 0.3) is 0 Å². The summed E-state index contributed by atoms with van der Waals surface area (Å²) >= 11 is 0. The van der Waals surface area contributed by atoms with Gasteiger partial charge in [-0.05, 0) is 51.8 Å². The fourth-order valence-corrected chi connectivity index (χ4v) is 3.62. The van der Waals surface area contributed by atoms with Crippen LogP contribution in [0.1, 0.15) is 44.7 Å². The minimum atomic E-state index is -0.525. The lowest BCUT2D eigenvalue weighted by Crippen LogP contribution is -2.43. The smallest absolute Gasteiger partial charge is 0.410 e. The Kier molecular flexibility index (Phi) is 7.38. The fourth-order valence-electron chi connectivity index (χ4n) is 3.62. The molecule has 1 saturated heterocycles. The molecule has 0 spiro atoms. The molecule has 2 atom stereocenters. The third-order valence-corrected chi connectivity index (χ3v) is 5.12. The Hall–Kier alpha value is -2.53. The van der Waals surface area contributed by atoms with Crippen LogP contribution in [-0.2, 0) is 16.1 Å². The SMILES string of the molecule is Cc1ccc(OCCC2C(OCc3ccccc3)CCN2C(=O)OC(C)(C)C)cc1. The topological polar surface area (TPSA) is 48.0 Å². The predicted octanol–water partition coefficient (Wildman–Crippen LogP) is 5.36. The zero-order chi connectivity index (χ0) is 21.6. The highest BCUT2D eigenvalue weighted by molar-refractivity contribution is 5.69. The number of carbonyl (C=O) groups is 1. The van der Waals surface area contributed by atoms with Crippen molar-refractivity contribution in [3.63, 3.8) is 0 Å². The van der Waals surface area contributed by atoms with Gasteiger partial charge in [0.05, 0.1) is 25.4 Å². The summed E-state index contributed by atoms with van der Waals surface area (Å²) in [5, 5.41) is 0. The Bertz CT molecular complexity index is 798. The highest BCUT2D eigenvalue weighted by atomic mass is 16.6. The first-order chi connectivity index (χ1) is 14.3. The van der Waals surface area contributed by atoms with Gasteiger partial charge in [-0.25, -0.2) is 4.79 Å². The molecule has 0 bridgehead atoms. The van der Waals surface area contributed by atoms with Crippen LogP contribution in [-0.4, -0.2) is 41.9 Å². The Morgan fingerprint density at radius 1 is 1.07 bits per heavy atom. The number of amides is 1. The Balaban J connectivity index is 1.63. The van der Waals surface area contributed by atoms with Crippen LogP contribution >= 0.6 is 0 Å². The van der Waals surface area contributed by atoms with Crippen molar-refractivity contribution in [2.75, 3.05) is 13.2 Å². The van der Waals surface area contributed by atoms with Gasteiger partial charge in [0.1, 0.15) is 11.4 Å². The van der Waals surface area contributed by atoms with E-state index in [0.717, 1.165) is 17.7 Å². The van der Waals surface area contributed by atoms with Crippen molar-refractivity contribution in [1.29, 1.82) is 0 Å². The lowest BCUT2D eigenvalue weighted by Gasteiger charge is -2.30. The molecule has 1 fully saturated rings. The second-order valence-electron chi connectivity index (χ2n) is 8.82. The Labute approximate surface area is 179 Å². The van der Waals surface area contributed by atoms with Crippen molar-refractivity contribution in [2.45, 2.75) is 64.9 Å². The van der Waals surface area contributed by atoms with E-state index in [1.807, 2.05) is 63.2 Å². The molecule has 0 aliphatic carbocycles. The molecule has 2 unspecified atom stereocenters.